The largest absolute Gasteiger partial charge is 0.469 e. The van der Waals surface area contributed by atoms with E-state index in [-0.39, 0.29) is 5.97 Å². The Labute approximate surface area is 458 Å². The number of carbonyl (C=O) groups is 1. The first kappa shape index (κ1) is 31.9. The lowest BCUT2D eigenvalue weighted by molar-refractivity contribution is -0.140. The third-order valence-electron chi connectivity index (χ3n) is 30.7. The zero-order valence-corrected chi connectivity index (χ0v) is 43.3. The Hall–Kier alpha value is -10.2. The fourth-order valence-corrected chi connectivity index (χ4v) is 30.6. The summed E-state index contributed by atoms with van der Waals surface area (Å²) in [6.07, 6.45) is 2.12. The minimum atomic E-state index is -0.439. The minimum Gasteiger partial charge on any atom is -0.469 e. The smallest absolute Gasteiger partial charge is 0.305 e. The van der Waals surface area contributed by atoms with E-state index in [4.69, 9.17) is 4.74 Å². The average Bonchev–Trinajstić information content (AvgIpc) is 1.36. The van der Waals surface area contributed by atoms with Crippen LogP contribution in [0.4, 0.5) is 0 Å². The Morgan fingerprint density at radius 1 is 0.262 bits per heavy atom. The number of hydrogen-bond donors (Lipinski definition) is 0. The van der Waals surface area contributed by atoms with Gasteiger partial charge in [0.25, 0.3) is 0 Å². The predicted molar refractivity (Wildman–Crippen MR) is 351 cm³/mol. The second-order valence-corrected chi connectivity index (χ2v) is 30.7. The first-order chi connectivity index (χ1) is 41.8. The highest BCUT2D eigenvalue weighted by Gasteiger charge is 2.94. The molecule has 7 bridgehead atoms. The summed E-state index contributed by atoms with van der Waals surface area (Å²) < 4.78 is 5.67. The van der Waals surface area contributed by atoms with E-state index < -0.39 is 16.2 Å². The fraction of sp³-hybridized carbons (Fsp3) is 0.0854. The number of benzene rings is 16. The first-order valence-corrected chi connectivity index (χ1v) is 31.4. The number of hydrogen-bond acceptors (Lipinski definition) is 2. The Morgan fingerprint density at radius 3 is 0.667 bits per heavy atom. The van der Waals surface area contributed by atoms with E-state index in [2.05, 4.69) is 30.3 Å². The van der Waals surface area contributed by atoms with Crippen molar-refractivity contribution in [2.24, 2.45) is 0 Å². The molecule has 5 aliphatic rings. The predicted octanol–water partition coefficient (Wildman–Crippen LogP) is 21.5. The van der Waals surface area contributed by atoms with Gasteiger partial charge in [0.15, 0.2) is 0 Å². The summed E-state index contributed by atoms with van der Waals surface area (Å²) in [4.78, 5) is 14.0. The van der Waals surface area contributed by atoms with Gasteiger partial charge >= 0.3 is 5.97 Å². The van der Waals surface area contributed by atoms with E-state index in [0.29, 0.717) is 6.42 Å². The van der Waals surface area contributed by atoms with Gasteiger partial charge in [-0.05, 0) is 385 Å². The van der Waals surface area contributed by atoms with Crippen LogP contribution < -0.4 is 0 Å². The summed E-state index contributed by atoms with van der Waals surface area (Å²) >= 11 is 0. The quantitative estimate of drug-likeness (QED) is 0.0975. The van der Waals surface area contributed by atoms with E-state index in [1.807, 2.05) is 0 Å². The van der Waals surface area contributed by atoms with Crippen molar-refractivity contribution < 1.29 is 9.53 Å². The molecule has 39 rings (SSSR count). The molecule has 0 aromatic heterocycles. The van der Waals surface area contributed by atoms with Crippen molar-refractivity contribution in [2.75, 3.05) is 7.11 Å². The van der Waals surface area contributed by atoms with E-state index in [0.717, 1.165) is 12.8 Å². The number of carbonyl (C=O) groups excluding carboxylic acids is 1. The van der Waals surface area contributed by atoms with Crippen LogP contribution in [0.5, 0.6) is 0 Å². The van der Waals surface area contributed by atoms with E-state index in [1.165, 1.54) is 5.56 Å². The van der Waals surface area contributed by atoms with Gasteiger partial charge < -0.3 is 4.74 Å². The minimum absolute atomic E-state index is 0.0798. The van der Waals surface area contributed by atoms with Crippen LogP contribution in [0.15, 0.2) is 30.3 Å². The van der Waals surface area contributed by atoms with Crippen LogP contribution in [0, 0.1) is 0 Å². The maximum atomic E-state index is 14.0. The molecular formula is C82H14O2. The van der Waals surface area contributed by atoms with Gasteiger partial charge in [0, 0.05) is 22.7 Å². The molecule has 354 valence electrons. The number of ether oxygens (including phenoxy) is 1. The van der Waals surface area contributed by atoms with Crippen molar-refractivity contribution in [2.45, 2.75) is 35.5 Å². The normalized spacial score (nSPS) is 22.9. The molecule has 2 heteroatoms. The monoisotopic (exact) mass is 1030 g/mol. The molecule has 34 aromatic carbocycles. The second kappa shape index (κ2) is 7.31. The summed E-state index contributed by atoms with van der Waals surface area (Å²) in [5.74, 6) is -0.0798. The van der Waals surface area contributed by atoms with Gasteiger partial charge in [0.05, 0.1) is 7.11 Å². The van der Waals surface area contributed by atoms with Crippen LogP contribution in [0.25, 0.3) is 345 Å². The molecule has 0 saturated heterocycles. The molecule has 2 nitrogen and oxygen atoms in total. The zero-order chi connectivity index (χ0) is 50.3. The lowest BCUT2D eigenvalue weighted by Crippen LogP contribution is -2.27. The van der Waals surface area contributed by atoms with Gasteiger partial charge in [-0.25, -0.2) is 0 Å². The summed E-state index contributed by atoms with van der Waals surface area (Å²) in [7, 11) is 1.61. The van der Waals surface area contributed by atoms with Gasteiger partial charge in [-0.2, -0.15) is 0 Å². The van der Waals surface area contributed by atoms with Gasteiger partial charge in [-0.3, -0.25) is 4.79 Å². The molecular weight excluding hydrogens is 1020 g/mol. The van der Waals surface area contributed by atoms with Crippen LogP contribution in [0.2, 0.25) is 0 Å². The van der Waals surface area contributed by atoms with Crippen LogP contribution in [0.1, 0.15) is 47.1 Å². The highest BCUT2D eigenvalue weighted by Crippen LogP contribution is 2.97. The molecule has 0 amide bonds. The molecule has 1 fully saturated rings. The third-order valence-corrected chi connectivity index (χ3v) is 30.7. The molecule has 0 aliphatic heterocycles. The summed E-state index contributed by atoms with van der Waals surface area (Å²) in [6, 6.07) is 12.3. The zero-order valence-electron chi connectivity index (χ0n) is 43.3. The first-order valence-electron chi connectivity index (χ1n) is 31.4. The lowest BCUT2D eigenvalue weighted by Gasteiger charge is -2.35. The van der Waals surface area contributed by atoms with E-state index >= 15 is 0 Å². The molecule has 84 heavy (non-hydrogen) atoms. The molecule has 0 N–H and O–H groups in total. The molecule has 2 spiro atoms. The third kappa shape index (κ3) is 1.69. The number of methoxy groups -OCH3 is 1. The van der Waals surface area contributed by atoms with Crippen molar-refractivity contribution in [3.63, 3.8) is 0 Å². The molecule has 0 heterocycles. The van der Waals surface area contributed by atoms with Crippen molar-refractivity contribution in [1.29, 1.82) is 0 Å². The van der Waals surface area contributed by atoms with Crippen LogP contribution in [-0.2, 0) is 25.8 Å². The molecule has 0 radical (unpaired) electrons. The average molecular weight is 1030 g/mol. The SMILES string of the molecule is COC(=O)CCCC1(c2ccccc2)C23C4=c5c6c7c2c2c8c9c%10c%11c(c%12c4c4c%13c%12c%12c%11c%11c%10c%10c%14c9c9c2c2c7c7c%15c6c6c5c5c4c4c%13c%13c%12c%11c%11c%10c%10c%12c%14c9c9c2c7c2c7c%14c(c6%15)c6c5c5c4c4c%13c%11c%10c4c(c5c6%14)c2c%12c97)C813. The highest BCUT2D eigenvalue weighted by molar-refractivity contribution is 6.84. The molecule has 3 atom stereocenters. The van der Waals surface area contributed by atoms with Crippen molar-refractivity contribution in [3.8, 4) is 0 Å². The summed E-state index contributed by atoms with van der Waals surface area (Å²) in [5, 5.41) is 105. The fourth-order valence-electron chi connectivity index (χ4n) is 30.6. The van der Waals surface area contributed by atoms with E-state index in [9.17, 15) is 4.79 Å². The molecule has 5 aliphatic carbocycles. The molecule has 1 saturated carbocycles. The Kier molecular flexibility index (Phi) is 2.78. The van der Waals surface area contributed by atoms with Gasteiger partial charge in [0.2, 0.25) is 0 Å². The van der Waals surface area contributed by atoms with Gasteiger partial charge in [-0.15, -0.1) is 0 Å². The highest BCUT2D eigenvalue weighted by atomic mass is 16.5. The number of esters is 1. The number of rotatable bonds is 5. The summed E-state index contributed by atoms with van der Waals surface area (Å²) in [5.41, 5.74) is 7.10. The van der Waals surface area contributed by atoms with Gasteiger partial charge in [-0.1, -0.05) is 30.3 Å². The van der Waals surface area contributed by atoms with Crippen LogP contribution >= 0.6 is 0 Å². The van der Waals surface area contributed by atoms with Crippen molar-refractivity contribution in [3.05, 3.63) is 58.1 Å². The second-order valence-electron chi connectivity index (χ2n) is 30.7. The summed E-state index contributed by atoms with van der Waals surface area (Å²) in [6.45, 7) is 0. The molecule has 34 aromatic rings. The van der Waals surface area contributed by atoms with Crippen molar-refractivity contribution >= 4 is 351 Å². The lowest BCUT2D eigenvalue weighted by atomic mass is 9.66. The maximum absolute atomic E-state index is 14.0. The topological polar surface area (TPSA) is 26.3 Å². The molecule has 3 unspecified atom stereocenters. The van der Waals surface area contributed by atoms with Gasteiger partial charge in [0.1, 0.15) is 0 Å². The van der Waals surface area contributed by atoms with Crippen LogP contribution in [-0.4, -0.2) is 13.1 Å². The van der Waals surface area contributed by atoms with E-state index in [1.54, 1.807) is 374 Å². The Morgan fingerprint density at radius 2 is 0.440 bits per heavy atom. The van der Waals surface area contributed by atoms with Crippen molar-refractivity contribution in [1.82, 2.24) is 0 Å². The van der Waals surface area contributed by atoms with Crippen LogP contribution in [0.3, 0.4) is 0 Å². The Bertz CT molecular complexity index is 9260. The maximum Gasteiger partial charge on any atom is 0.305 e. The standard InChI is InChI=1S/C82H14O2/c1-84-11(83)8-5-9-80(10-6-3-2-4-7-10)81-76-69-60-50-36-28-16-13-12-14-18-23-17(12)30(28)37-43-34(23)42-38-32(18)33-25(14)27-21-15(13)26-22-20-19(16)29(36)31(20)41-47-49-40(26)45-35(24(21)22)44-39(27)48-46(33)54-53(38)61-56(42)65-57(43)64(51(37)50)73(76)74(65)77-70(61)68(54)72-62(48)58(44)66-59(45)63(49)71(67(69)55(47)52(41)60)78(81)75(66)79(72)82(77,80)81/h2-4,6-7H,5,8-9H2,1H3. The Balaban J connectivity index is 1.08.